The van der Waals surface area contributed by atoms with Crippen LogP contribution in [0.2, 0.25) is 5.02 Å². The van der Waals surface area contributed by atoms with Crippen molar-refractivity contribution in [2.75, 3.05) is 0 Å². The minimum atomic E-state index is -1.85. The Kier molecular flexibility index (Phi) is 3.11. The Morgan fingerprint density at radius 1 is 1.38 bits per heavy atom. The van der Waals surface area contributed by atoms with Crippen molar-refractivity contribution in [3.8, 4) is 5.75 Å². The minimum Gasteiger partial charge on any atom is -0.477 e. The first-order valence-corrected chi connectivity index (χ1v) is 3.80. The summed E-state index contributed by atoms with van der Waals surface area (Å²) < 4.78 is 4.63. The predicted octanol–water partition coefficient (Wildman–Crippen LogP) is 1.12. The van der Waals surface area contributed by atoms with E-state index in [-0.39, 0.29) is 5.75 Å². The number of carbonyl (C=O) groups is 1. The van der Waals surface area contributed by atoms with Crippen LogP contribution in [0.25, 0.3) is 0 Å². The van der Waals surface area contributed by atoms with Crippen LogP contribution in [-0.2, 0) is 4.79 Å². The average molecular weight is 203 g/mol. The molecule has 13 heavy (non-hydrogen) atoms. The Morgan fingerprint density at radius 2 is 1.92 bits per heavy atom. The standard InChI is InChI=1S/C8H7ClO4/c9-5-1-3-6(4-2-5)13-8(12)7(10)11/h1-4,8,12H,(H,10,11). The number of ether oxygens (including phenoxy) is 1. The van der Waals surface area contributed by atoms with Crippen LogP contribution >= 0.6 is 11.6 Å². The lowest BCUT2D eigenvalue weighted by molar-refractivity contribution is -0.162. The number of hydrogen-bond donors (Lipinski definition) is 2. The van der Waals surface area contributed by atoms with E-state index in [2.05, 4.69) is 4.74 Å². The molecule has 0 radical (unpaired) electrons. The molecule has 5 heteroatoms. The van der Waals surface area contributed by atoms with Crippen LogP contribution < -0.4 is 4.74 Å². The highest BCUT2D eigenvalue weighted by molar-refractivity contribution is 6.30. The molecule has 0 aliphatic heterocycles. The van der Waals surface area contributed by atoms with Gasteiger partial charge in [-0.15, -0.1) is 0 Å². The average Bonchev–Trinajstić information content (AvgIpc) is 2.08. The molecule has 0 aromatic heterocycles. The van der Waals surface area contributed by atoms with Crippen LogP contribution in [0, 0.1) is 0 Å². The van der Waals surface area contributed by atoms with Crippen molar-refractivity contribution in [2.24, 2.45) is 0 Å². The second-order valence-corrected chi connectivity index (χ2v) is 2.70. The lowest BCUT2D eigenvalue weighted by Gasteiger charge is -2.08. The van der Waals surface area contributed by atoms with E-state index in [0.29, 0.717) is 5.02 Å². The van der Waals surface area contributed by atoms with Crippen molar-refractivity contribution in [3.63, 3.8) is 0 Å². The molecule has 1 atom stereocenters. The monoisotopic (exact) mass is 202 g/mol. The Balaban J connectivity index is 2.64. The van der Waals surface area contributed by atoms with E-state index in [0.717, 1.165) is 0 Å². The summed E-state index contributed by atoms with van der Waals surface area (Å²) in [4.78, 5) is 10.2. The number of carboxylic acids is 1. The van der Waals surface area contributed by atoms with Crippen LogP contribution in [0.15, 0.2) is 24.3 Å². The molecule has 0 saturated heterocycles. The molecule has 1 unspecified atom stereocenters. The lowest BCUT2D eigenvalue weighted by Crippen LogP contribution is -2.25. The fraction of sp³-hybridized carbons (Fsp3) is 0.125. The van der Waals surface area contributed by atoms with Gasteiger partial charge in [-0.3, -0.25) is 0 Å². The largest absolute Gasteiger partial charge is 0.477 e. The molecule has 0 saturated carbocycles. The molecule has 2 N–H and O–H groups in total. The van der Waals surface area contributed by atoms with Gasteiger partial charge < -0.3 is 14.9 Å². The van der Waals surface area contributed by atoms with Gasteiger partial charge in [0.15, 0.2) is 0 Å². The molecule has 0 spiro atoms. The second-order valence-electron chi connectivity index (χ2n) is 2.26. The number of hydrogen-bond acceptors (Lipinski definition) is 3. The molecule has 1 rings (SSSR count). The van der Waals surface area contributed by atoms with E-state index in [9.17, 15) is 4.79 Å². The fourth-order valence-electron chi connectivity index (χ4n) is 0.692. The van der Waals surface area contributed by atoms with Gasteiger partial charge in [-0.2, -0.15) is 0 Å². The molecule has 0 bridgehead atoms. The Hall–Kier alpha value is -1.26. The maximum absolute atomic E-state index is 10.2. The number of aliphatic hydroxyl groups excluding tert-OH is 1. The number of rotatable bonds is 3. The third-order valence-electron chi connectivity index (χ3n) is 1.27. The van der Waals surface area contributed by atoms with E-state index in [1.54, 1.807) is 0 Å². The zero-order chi connectivity index (χ0) is 9.84. The number of aliphatic hydroxyl groups is 1. The molecule has 0 aliphatic rings. The Morgan fingerprint density at radius 3 is 2.38 bits per heavy atom. The first-order chi connectivity index (χ1) is 6.09. The number of carboxylic acid groups (broad SMARTS) is 1. The zero-order valence-corrected chi connectivity index (χ0v) is 7.23. The Labute approximate surface area is 79.3 Å². The number of aliphatic carboxylic acids is 1. The SMILES string of the molecule is O=C(O)C(O)Oc1ccc(Cl)cc1. The van der Waals surface area contributed by atoms with Crippen molar-refractivity contribution in [1.82, 2.24) is 0 Å². The summed E-state index contributed by atoms with van der Waals surface area (Å²) in [5.74, 6) is -1.19. The van der Waals surface area contributed by atoms with Crippen molar-refractivity contribution in [2.45, 2.75) is 6.29 Å². The van der Waals surface area contributed by atoms with Crippen molar-refractivity contribution in [3.05, 3.63) is 29.3 Å². The van der Waals surface area contributed by atoms with Crippen LogP contribution in [0.3, 0.4) is 0 Å². The van der Waals surface area contributed by atoms with Crippen LogP contribution in [0.4, 0.5) is 0 Å². The van der Waals surface area contributed by atoms with Crippen LogP contribution in [0.1, 0.15) is 0 Å². The third-order valence-corrected chi connectivity index (χ3v) is 1.52. The quantitative estimate of drug-likeness (QED) is 0.721. The molecule has 1 aromatic rings. The van der Waals surface area contributed by atoms with Gasteiger partial charge in [-0.05, 0) is 24.3 Å². The topological polar surface area (TPSA) is 66.8 Å². The molecule has 0 fully saturated rings. The molecule has 0 heterocycles. The highest BCUT2D eigenvalue weighted by Crippen LogP contribution is 2.16. The zero-order valence-electron chi connectivity index (χ0n) is 6.48. The van der Waals surface area contributed by atoms with E-state index >= 15 is 0 Å². The van der Waals surface area contributed by atoms with Gasteiger partial charge >= 0.3 is 5.97 Å². The molecule has 0 amide bonds. The summed E-state index contributed by atoms with van der Waals surface area (Å²) in [5, 5.41) is 17.6. The van der Waals surface area contributed by atoms with E-state index in [4.69, 9.17) is 21.8 Å². The lowest BCUT2D eigenvalue weighted by atomic mass is 10.3. The van der Waals surface area contributed by atoms with E-state index in [1.807, 2.05) is 0 Å². The summed E-state index contributed by atoms with van der Waals surface area (Å²) >= 11 is 5.58. The summed E-state index contributed by atoms with van der Waals surface area (Å²) in [6.07, 6.45) is -1.85. The number of benzene rings is 1. The van der Waals surface area contributed by atoms with Gasteiger partial charge in [0.2, 0.25) is 0 Å². The summed E-state index contributed by atoms with van der Waals surface area (Å²) in [6.45, 7) is 0. The highest BCUT2D eigenvalue weighted by Gasteiger charge is 2.14. The predicted molar refractivity (Wildman–Crippen MR) is 45.7 cm³/mol. The van der Waals surface area contributed by atoms with Gasteiger partial charge in [0.25, 0.3) is 6.29 Å². The molecular weight excluding hydrogens is 196 g/mol. The Bertz CT molecular complexity index is 296. The van der Waals surface area contributed by atoms with Crippen LogP contribution in [-0.4, -0.2) is 22.5 Å². The molecule has 4 nitrogen and oxygen atoms in total. The molecule has 1 aromatic carbocycles. The second kappa shape index (κ2) is 4.11. The van der Waals surface area contributed by atoms with Crippen LogP contribution in [0.5, 0.6) is 5.75 Å². The first kappa shape index (κ1) is 9.83. The summed E-state index contributed by atoms with van der Waals surface area (Å²) in [7, 11) is 0. The fourth-order valence-corrected chi connectivity index (χ4v) is 0.818. The van der Waals surface area contributed by atoms with Gasteiger partial charge in [-0.25, -0.2) is 4.79 Å². The third kappa shape index (κ3) is 2.93. The van der Waals surface area contributed by atoms with Gasteiger partial charge in [0.1, 0.15) is 5.75 Å². The minimum absolute atomic E-state index is 0.249. The number of halogens is 1. The van der Waals surface area contributed by atoms with Gasteiger partial charge in [0, 0.05) is 5.02 Å². The van der Waals surface area contributed by atoms with Crippen molar-refractivity contribution in [1.29, 1.82) is 0 Å². The smallest absolute Gasteiger partial charge is 0.373 e. The maximum atomic E-state index is 10.2. The van der Waals surface area contributed by atoms with Gasteiger partial charge in [0.05, 0.1) is 0 Å². The van der Waals surface area contributed by atoms with Gasteiger partial charge in [-0.1, -0.05) is 11.6 Å². The maximum Gasteiger partial charge on any atom is 0.373 e. The molecule has 0 aliphatic carbocycles. The van der Waals surface area contributed by atoms with Crippen molar-refractivity contribution >= 4 is 17.6 Å². The summed E-state index contributed by atoms with van der Waals surface area (Å²) in [6, 6.07) is 6.00. The highest BCUT2D eigenvalue weighted by atomic mass is 35.5. The normalized spacial score (nSPS) is 12.2. The van der Waals surface area contributed by atoms with E-state index in [1.165, 1.54) is 24.3 Å². The summed E-state index contributed by atoms with van der Waals surface area (Å²) in [5.41, 5.74) is 0. The first-order valence-electron chi connectivity index (χ1n) is 3.42. The van der Waals surface area contributed by atoms with Crippen molar-refractivity contribution < 1.29 is 19.7 Å². The van der Waals surface area contributed by atoms with E-state index < -0.39 is 12.3 Å². The molecule has 70 valence electrons. The molecular formula is C8H7ClO4.